The Morgan fingerprint density at radius 1 is 0.833 bits per heavy atom. The Balaban J connectivity index is 2.77. The van der Waals surface area contributed by atoms with Crippen LogP contribution in [0, 0.1) is 20.8 Å². The second-order valence-corrected chi connectivity index (χ2v) is 4.81. The van der Waals surface area contributed by atoms with E-state index in [0.29, 0.717) is 29.0 Å². The smallest absolute Gasteiger partial charge is 0.167 e. The summed E-state index contributed by atoms with van der Waals surface area (Å²) in [5.41, 5.74) is 2.01. The van der Waals surface area contributed by atoms with Crippen LogP contribution in [-0.4, -0.2) is 16.8 Å². The minimum absolute atomic E-state index is 0.151. The lowest BCUT2D eigenvalue weighted by molar-refractivity contribution is 0.284. The van der Waals surface area contributed by atoms with E-state index >= 15 is 0 Å². The molecule has 1 rings (SSSR count). The van der Waals surface area contributed by atoms with Crippen molar-refractivity contribution in [2.24, 2.45) is 0 Å². The Kier molecular flexibility index (Phi) is 5.32. The Morgan fingerprint density at radius 3 is 2.06 bits per heavy atom. The highest BCUT2D eigenvalue weighted by Crippen LogP contribution is 2.41. The fraction of sp³-hybridized carbons (Fsp3) is 0.600. The van der Waals surface area contributed by atoms with Gasteiger partial charge in [0.05, 0.1) is 6.61 Å². The molecule has 0 saturated carbocycles. The zero-order valence-corrected chi connectivity index (χ0v) is 11.8. The van der Waals surface area contributed by atoms with Gasteiger partial charge in [0.25, 0.3) is 0 Å². The molecule has 1 aromatic carbocycles. The number of benzene rings is 1. The quantitative estimate of drug-likeness (QED) is 0.594. The molecule has 2 N–H and O–H groups in total. The molecule has 0 atom stereocenters. The van der Waals surface area contributed by atoms with Gasteiger partial charge in [-0.1, -0.05) is 26.2 Å². The van der Waals surface area contributed by atoms with Crippen LogP contribution in [0.3, 0.4) is 0 Å². The van der Waals surface area contributed by atoms with Crippen molar-refractivity contribution in [3.63, 3.8) is 0 Å². The molecule has 0 unspecified atom stereocenters. The summed E-state index contributed by atoms with van der Waals surface area (Å²) in [7, 11) is 0. The van der Waals surface area contributed by atoms with Gasteiger partial charge in [-0.25, -0.2) is 0 Å². The topological polar surface area (TPSA) is 49.7 Å². The Hall–Kier alpha value is -1.38. The first-order valence-corrected chi connectivity index (χ1v) is 6.65. The second-order valence-electron chi connectivity index (χ2n) is 4.81. The number of aromatic hydroxyl groups is 2. The molecule has 0 saturated heterocycles. The predicted molar refractivity (Wildman–Crippen MR) is 73.6 cm³/mol. The van der Waals surface area contributed by atoms with Crippen LogP contribution >= 0.6 is 0 Å². The molecule has 3 nitrogen and oxygen atoms in total. The number of rotatable bonds is 6. The third kappa shape index (κ3) is 3.09. The zero-order chi connectivity index (χ0) is 13.7. The number of phenolic OH excluding ortho intramolecular Hbond substituents is 2. The highest BCUT2D eigenvalue weighted by Gasteiger charge is 2.17. The summed E-state index contributed by atoms with van der Waals surface area (Å²) in [5, 5.41) is 20.0. The number of phenols is 2. The molecule has 0 aliphatic heterocycles. The van der Waals surface area contributed by atoms with Crippen molar-refractivity contribution in [1.82, 2.24) is 0 Å². The lowest BCUT2D eigenvalue weighted by Crippen LogP contribution is -2.01. The summed E-state index contributed by atoms with van der Waals surface area (Å²) in [6, 6.07) is 0. The maximum absolute atomic E-state index is 10.1. The first kappa shape index (κ1) is 14.7. The number of unbranched alkanes of at least 4 members (excludes halogenated alkanes) is 3. The Morgan fingerprint density at radius 2 is 1.44 bits per heavy atom. The fourth-order valence-electron chi connectivity index (χ4n) is 1.97. The van der Waals surface area contributed by atoms with Crippen LogP contribution in [0.1, 0.15) is 49.3 Å². The van der Waals surface area contributed by atoms with Crippen molar-refractivity contribution in [2.45, 2.75) is 53.4 Å². The van der Waals surface area contributed by atoms with Gasteiger partial charge in [0.2, 0.25) is 0 Å². The maximum Gasteiger partial charge on any atom is 0.167 e. The van der Waals surface area contributed by atoms with E-state index in [1.807, 2.05) is 0 Å². The molecule has 0 bridgehead atoms. The molecule has 0 fully saturated rings. The molecule has 3 heteroatoms. The summed E-state index contributed by atoms with van der Waals surface area (Å²) in [4.78, 5) is 0. The Labute approximate surface area is 109 Å². The van der Waals surface area contributed by atoms with Gasteiger partial charge in [0, 0.05) is 11.1 Å². The van der Waals surface area contributed by atoms with Crippen LogP contribution in [0.5, 0.6) is 17.2 Å². The van der Waals surface area contributed by atoms with Crippen LogP contribution in [0.25, 0.3) is 0 Å². The first-order chi connectivity index (χ1) is 8.50. The molecule has 0 amide bonds. The molecule has 0 heterocycles. The van der Waals surface area contributed by atoms with E-state index in [9.17, 15) is 10.2 Å². The molecule has 1 aromatic rings. The van der Waals surface area contributed by atoms with Crippen molar-refractivity contribution in [2.75, 3.05) is 6.61 Å². The van der Waals surface area contributed by atoms with Crippen LogP contribution < -0.4 is 4.74 Å². The molecule has 0 spiro atoms. The Bertz CT molecular complexity index is 382. The van der Waals surface area contributed by atoms with Gasteiger partial charge >= 0.3 is 0 Å². The number of hydrogen-bond donors (Lipinski definition) is 2. The van der Waals surface area contributed by atoms with Gasteiger partial charge in [-0.05, 0) is 32.8 Å². The van der Waals surface area contributed by atoms with Crippen LogP contribution in [0.4, 0.5) is 0 Å². The predicted octanol–water partition coefficient (Wildman–Crippen LogP) is 3.98. The lowest BCUT2D eigenvalue weighted by atomic mass is 10.0. The SMILES string of the molecule is CCCCCCOc1c(C)c(O)c(C)c(C)c1O. The van der Waals surface area contributed by atoms with E-state index < -0.39 is 0 Å². The monoisotopic (exact) mass is 252 g/mol. The van der Waals surface area contributed by atoms with Gasteiger partial charge in [-0.3, -0.25) is 0 Å². The largest absolute Gasteiger partial charge is 0.507 e. The molecular formula is C15H24O3. The zero-order valence-electron chi connectivity index (χ0n) is 11.8. The third-order valence-corrected chi connectivity index (χ3v) is 3.43. The van der Waals surface area contributed by atoms with Crippen molar-refractivity contribution in [3.05, 3.63) is 16.7 Å². The van der Waals surface area contributed by atoms with Gasteiger partial charge in [-0.15, -0.1) is 0 Å². The first-order valence-electron chi connectivity index (χ1n) is 6.65. The van der Waals surface area contributed by atoms with Crippen molar-refractivity contribution in [3.8, 4) is 17.2 Å². The summed E-state index contributed by atoms with van der Waals surface area (Å²) in [6.07, 6.45) is 4.49. The summed E-state index contributed by atoms with van der Waals surface area (Å²) in [6.45, 7) is 8.09. The molecule has 0 radical (unpaired) electrons. The minimum atomic E-state index is 0.151. The maximum atomic E-state index is 10.1. The van der Waals surface area contributed by atoms with E-state index in [4.69, 9.17) is 4.74 Å². The normalized spacial score (nSPS) is 10.7. The average Bonchev–Trinajstić information content (AvgIpc) is 2.37. The molecule has 0 aliphatic carbocycles. The van der Waals surface area contributed by atoms with Gasteiger partial charge < -0.3 is 14.9 Å². The van der Waals surface area contributed by atoms with E-state index in [1.165, 1.54) is 12.8 Å². The third-order valence-electron chi connectivity index (χ3n) is 3.43. The summed E-state index contributed by atoms with van der Waals surface area (Å²) >= 11 is 0. The molecular weight excluding hydrogens is 228 g/mol. The van der Waals surface area contributed by atoms with E-state index in [-0.39, 0.29) is 11.5 Å². The van der Waals surface area contributed by atoms with Gasteiger partial charge in [-0.2, -0.15) is 0 Å². The van der Waals surface area contributed by atoms with Crippen LogP contribution in [0.15, 0.2) is 0 Å². The minimum Gasteiger partial charge on any atom is -0.507 e. The van der Waals surface area contributed by atoms with E-state index in [0.717, 1.165) is 12.8 Å². The lowest BCUT2D eigenvalue weighted by Gasteiger charge is -2.16. The van der Waals surface area contributed by atoms with E-state index in [2.05, 4.69) is 6.92 Å². The average molecular weight is 252 g/mol. The van der Waals surface area contributed by atoms with Crippen LogP contribution in [0.2, 0.25) is 0 Å². The summed E-state index contributed by atoms with van der Waals surface area (Å²) < 4.78 is 5.62. The van der Waals surface area contributed by atoms with Crippen molar-refractivity contribution < 1.29 is 14.9 Å². The van der Waals surface area contributed by atoms with Crippen molar-refractivity contribution >= 4 is 0 Å². The fourth-order valence-corrected chi connectivity index (χ4v) is 1.97. The highest BCUT2D eigenvalue weighted by atomic mass is 16.5. The molecule has 18 heavy (non-hydrogen) atoms. The van der Waals surface area contributed by atoms with Crippen molar-refractivity contribution in [1.29, 1.82) is 0 Å². The number of ether oxygens (including phenoxy) is 1. The van der Waals surface area contributed by atoms with Gasteiger partial charge in [0.1, 0.15) is 5.75 Å². The highest BCUT2D eigenvalue weighted by molar-refractivity contribution is 5.60. The standard InChI is InChI=1S/C15H24O3/c1-5-6-7-8-9-18-15-12(4)13(16)10(2)11(3)14(15)17/h16-17H,5-9H2,1-4H3. The van der Waals surface area contributed by atoms with Gasteiger partial charge in [0.15, 0.2) is 11.5 Å². The number of hydrogen-bond acceptors (Lipinski definition) is 3. The molecule has 0 aromatic heterocycles. The summed E-state index contributed by atoms with van der Waals surface area (Å²) in [5.74, 6) is 0.791. The molecule has 0 aliphatic rings. The van der Waals surface area contributed by atoms with Crippen LogP contribution in [-0.2, 0) is 0 Å². The second kappa shape index (κ2) is 6.53. The van der Waals surface area contributed by atoms with E-state index in [1.54, 1.807) is 20.8 Å². The molecule has 102 valence electrons.